The van der Waals surface area contributed by atoms with Gasteiger partial charge in [-0.2, -0.15) is 0 Å². The highest BCUT2D eigenvalue weighted by atomic mass is 35.5. The second-order valence-corrected chi connectivity index (χ2v) is 6.35. The molecular formula is C14H19Cl2NO. The van der Waals surface area contributed by atoms with Crippen molar-refractivity contribution in [3.63, 3.8) is 0 Å². The fourth-order valence-electron chi connectivity index (χ4n) is 1.37. The topological polar surface area (TPSA) is 29.1 Å². The number of benzene rings is 1. The molecule has 1 aromatic carbocycles. The van der Waals surface area contributed by atoms with Crippen molar-refractivity contribution >= 4 is 29.1 Å². The number of hydrogen-bond donors (Lipinski definition) is 1. The lowest BCUT2D eigenvalue weighted by molar-refractivity contribution is -0.121. The van der Waals surface area contributed by atoms with E-state index in [-0.39, 0.29) is 23.8 Å². The predicted molar refractivity (Wildman–Crippen MR) is 77.2 cm³/mol. The molecule has 1 N–H and O–H groups in total. The first kappa shape index (κ1) is 15.3. The van der Waals surface area contributed by atoms with E-state index in [1.165, 1.54) is 0 Å². The normalized spacial score (nSPS) is 13.2. The van der Waals surface area contributed by atoms with Crippen LogP contribution in [0.1, 0.15) is 33.3 Å². The lowest BCUT2D eigenvalue weighted by Crippen LogP contribution is -2.42. The van der Waals surface area contributed by atoms with Crippen LogP contribution < -0.4 is 5.32 Å². The van der Waals surface area contributed by atoms with E-state index in [9.17, 15) is 4.79 Å². The Morgan fingerprint density at radius 1 is 1.28 bits per heavy atom. The van der Waals surface area contributed by atoms with Crippen LogP contribution in [0.4, 0.5) is 0 Å². The number of hydrogen-bond acceptors (Lipinski definition) is 1. The second kappa shape index (κ2) is 5.94. The van der Waals surface area contributed by atoms with E-state index in [1.54, 1.807) is 18.2 Å². The zero-order valence-corrected chi connectivity index (χ0v) is 12.7. The summed E-state index contributed by atoms with van der Waals surface area (Å²) in [5.74, 6) is -0.0626. The maximum atomic E-state index is 11.9. The molecule has 0 bridgehead atoms. The fourth-order valence-corrected chi connectivity index (χ4v) is 1.90. The molecule has 1 unspecified atom stereocenters. The van der Waals surface area contributed by atoms with Crippen LogP contribution in [0, 0.1) is 5.41 Å². The molecule has 0 saturated heterocycles. The summed E-state index contributed by atoms with van der Waals surface area (Å²) in [6, 6.07) is 5.34. The van der Waals surface area contributed by atoms with Gasteiger partial charge in [-0.3, -0.25) is 4.79 Å². The van der Waals surface area contributed by atoms with E-state index in [2.05, 4.69) is 26.1 Å². The predicted octanol–water partition coefficient (Wildman–Crippen LogP) is 4.09. The van der Waals surface area contributed by atoms with Gasteiger partial charge in [0.15, 0.2) is 0 Å². The fraction of sp³-hybridized carbons (Fsp3) is 0.500. The maximum absolute atomic E-state index is 11.9. The van der Waals surface area contributed by atoms with Crippen molar-refractivity contribution in [1.82, 2.24) is 5.32 Å². The van der Waals surface area contributed by atoms with Crippen molar-refractivity contribution in [2.45, 2.75) is 40.2 Å². The van der Waals surface area contributed by atoms with Crippen LogP contribution in [0.25, 0.3) is 0 Å². The smallest absolute Gasteiger partial charge is 0.224 e. The number of halogens is 2. The first-order chi connectivity index (χ1) is 8.21. The second-order valence-electron chi connectivity index (χ2n) is 5.53. The molecule has 1 aromatic rings. The Morgan fingerprint density at radius 3 is 2.22 bits per heavy atom. The van der Waals surface area contributed by atoms with Crippen LogP contribution in [-0.2, 0) is 11.2 Å². The molecule has 0 spiro atoms. The molecule has 1 atom stereocenters. The summed E-state index contributed by atoms with van der Waals surface area (Å²) in [7, 11) is 0. The van der Waals surface area contributed by atoms with Crippen LogP contribution in [0.15, 0.2) is 18.2 Å². The van der Waals surface area contributed by atoms with Gasteiger partial charge < -0.3 is 5.32 Å². The SMILES string of the molecule is CC(NC(=O)Cc1c(Cl)cccc1Cl)C(C)(C)C. The molecule has 100 valence electrons. The molecule has 18 heavy (non-hydrogen) atoms. The molecular weight excluding hydrogens is 269 g/mol. The molecule has 0 heterocycles. The van der Waals surface area contributed by atoms with E-state index in [0.29, 0.717) is 15.6 Å². The monoisotopic (exact) mass is 287 g/mol. The third-order valence-electron chi connectivity index (χ3n) is 3.08. The zero-order chi connectivity index (χ0) is 13.9. The molecule has 2 nitrogen and oxygen atoms in total. The van der Waals surface area contributed by atoms with Crippen LogP contribution in [0.5, 0.6) is 0 Å². The number of nitrogens with one attached hydrogen (secondary N) is 1. The minimum atomic E-state index is -0.0626. The maximum Gasteiger partial charge on any atom is 0.224 e. The summed E-state index contributed by atoms with van der Waals surface area (Å²) in [5.41, 5.74) is 0.708. The lowest BCUT2D eigenvalue weighted by atomic mass is 9.88. The van der Waals surface area contributed by atoms with Gasteiger partial charge >= 0.3 is 0 Å². The van der Waals surface area contributed by atoms with E-state index in [1.807, 2.05) is 6.92 Å². The molecule has 0 aliphatic heterocycles. The Labute approximate surface area is 119 Å². The van der Waals surface area contributed by atoms with Crippen molar-refractivity contribution in [2.75, 3.05) is 0 Å². The molecule has 0 fully saturated rings. The summed E-state index contributed by atoms with van der Waals surface area (Å²) < 4.78 is 0. The van der Waals surface area contributed by atoms with Gasteiger partial charge in [0, 0.05) is 16.1 Å². The average molecular weight is 288 g/mol. The molecule has 4 heteroatoms. The van der Waals surface area contributed by atoms with Crippen molar-refractivity contribution in [2.24, 2.45) is 5.41 Å². The Morgan fingerprint density at radius 2 is 1.78 bits per heavy atom. The highest BCUT2D eigenvalue weighted by Crippen LogP contribution is 2.25. The van der Waals surface area contributed by atoms with Gasteiger partial charge in [-0.05, 0) is 30.0 Å². The Balaban J connectivity index is 2.72. The molecule has 0 aromatic heterocycles. The number of carbonyl (C=O) groups excluding carboxylic acids is 1. The molecule has 1 rings (SSSR count). The number of rotatable bonds is 3. The van der Waals surface area contributed by atoms with Crippen molar-refractivity contribution in [3.05, 3.63) is 33.8 Å². The highest BCUT2D eigenvalue weighted by molar-refractivity contribution is 6.36. The van der Waals surface area contributed by atoms with E-state index >= 15 is 0 Å². The largest absolute Gasteiger partial charge is 0.353 e. The van der Waals surface area contributed by atoms with Crippen molar-refractivity contribution < 1.29 is 4.79 Å². The van der Waals surface area contributed by atoms with Gasteiger partial charge in [0.25, 0.3) is 0 Å². The summed E-state index contributed by atoms with van der Waals surface area (Å²) in [6.45, 7) is 8.24. The van der Waals surface area contributed by atoms with Gasteiger partial charge in [0.1, 0.15) is 0 Å². The van der Waals surface area contributed by atoms with Crippen LogP contribution in [0.3, 0.4) is 0 Å². The van der Waals surface area contributed by atoms with Gasteiger partial charge in [-0.1, -0.05) is 50.0 Å². The van der Waals surface area contributed by atoms with E-state index in [0.717, 1.165) is 0 Å². The average Bonchev–Trinajstić information content (AvgIpc) is 2.22. The lowest BCUT2D eigenvalue weighted by Gasteiger charge is -2.28. The minimum absolute atomic E-state index is 0.0277. The quantitative estimate of drug-likeness (QED) is 0.892. The Hall–Kier alpha value is -0.730. The van der Waals surface area contributed by atoms with Crippen molar-refractivity contribution in [3.8, 4) is 0 Å². The molecule has 0 saturated carbocycles. The number of amides is 1. The number of carbonyl (C=O) groups is 1. The summed E-state index contributed by atoms with van der Waals surface area (Å²) >= 11 is 12.1. The van der Waals surface area contributed by atoms with Crippen molar-refractivity contribution in [1.29, 1.82) is 0 Å². The zero-order valence-electron chi connectivity index (χ0n) is 11.2. The standard InChI is InChI=1S/C14H19Cl2NO/c1-9(14(2,3)4)17-13(18)8-10-11(15)6-5-7-12(10)16/h5-7,9H,8H2,1-4H3,(H,17,18). The van der Waals surface area contributed by atoms with Gasteiger partial charge in [0.2, 0.25) is 5.91 Å². The summed E-state index contributed by atoms with van der Waals surface area (Å²) in [4.78, 5) is 11.9. The molecule has 1 amide bonds. The van der Waals surface area contributed by atoms with Crippen LogP contribution in [-0.4, -0.2) is 11.9 Å². The Kier molecular flexibility index (Phi) is 5.06. The summed E-state index contributed by atoms with van der Waals surface area (Å²) in [6.07, 6.45) is 0.207. The Bertz CT molecular complexity index is 418. The third kappa shape index (κ3) is 4.18. The third-order valence-corrected chi connectivity index (χ3v) is 3.78. The van der Waals surface area contributed by atoms with Crippen LogP contribution >= 0.6 is 23.2 Å². The molecule has 0 aliphatic carbocycles. The summed E-state index contributed by atoms with van der Waals surface area (Å²) in [5, 5.41) is 4.02. The van der Waals surface area contributed by atoms with E-state index in [4.69, 9.17) is 23.2 Å². The van der Waals surface area contributed by atoms with Gasteiger partial charge in [-0.25, -0.2) is 0 Å². The van der Waals surface area contributed by atoms with Gasteiger partial charge in [0.05, 0.1) is 6.42 Å². The first-order valence-electron chi connectivity index (χ1n) is 5.94. The first-order valence-corrected chi connectivity index (χ1v) is 6.69. The van der Waals surface area contributed by atoms with E-state index < -0.39 is 0 Å². The molecule has 0 radical (unpaired) electrons. The van der Waals surface area contributed by atoms with Gasteiger partial charge in [-0.15, -0.1) is 0 Å². The highest BCUT2D eigenvalue weighted by Gasteiger charge is 2.22. The van der Waals surface area contributed by atoms with Crippen LogP contribution in [0.2, 0.25) is 10.0 Å². The minimum Gasteiger partial charge on any atom is -0.353 e. The molecule has 0 aliphatic rings.